The Kier molecular flexibility index (Phi) is 7.25. The molecule has 1 atom stereocenters. The van der Waals surface area contributed by atoms with Crippen molar-refractivity contribution in [3.05, 3.63) is 35.4 Å². The average Bonchev–Trinajstić information content (AvgIpc) is 2.43. The van der Waals surface area contributed by atoms with Crippen LogP contribution in [0.3, 0.4) is 0 Å². The fourth-order valence-electron chi connectivity index (χ4n) is 2.27. The van der Waals surface area contributed by atoms with Crippen LogP contribution in [0.25, 0.3) is 0 Å². The van der Waals surface area contributed by atoms with Crippen LogP contribution in [0.4, 0.5) is 13.2 Å². The lowest BCUT2D eigenvalue weighted by atomic mass is 10.0. The number of aryl methyl sites for hydroxylation is 1. The largest absolute Gasteiger partial charge is 0.480 e. The van der Waals surface area contributed by atoms with Crippen molar-refractivity contribution in [1.82, 2.24) is 5.32 Å². The van der Waals surface area contributed by atoms with Crippen LogP contribution in [-0.2, 0) is 22.4 Å². The second-order valence-corrected chi connectivity index (χ2v) is 6.19. The number of hydrogen-bond acceptors (Lipinski definition) is 2. The van der Waals surface area contributed by atoms with Gasteiger partial charge in [-0.15, -0.1) is 0 Å². The van der Waals surface area contributed by atoms with Crippen molar-refractivity contribution in [1.29, 1.82) is 0 Å². The Balaban J connectivity index is 2.51. The maximum Gasteiger partial charge on any atom is 0.391 e. The van der Waals surface area contributed by atoms with Gasteiger partial charge in [0.05, 0.1) is 6.42 Å². The van der Waals surface area contributed by atoms with Crippen LogP contribution in [0.5, 0.6) is 0 Å². The summed E-state index contributed by atoms with van der Waals surface area (Å²) < 4.78 is 36.8. The van der Waals surface area contributed by atoms with Gasteiger partial charge in [0.1, 0.15) is 6.04 Å². The molecule has 0 saturated carbocycles. The number of halogens is 3. The highest BCUT2D eigenvalue weighted by Gasteiger charge is 2.36. The van der Waals surface area contributed by atoms with Crippen molar-refractivity contribution in [3.8, 4) is 0 Å². The predicted octanol–water partition coefficient (Wildman–Crippen LogP) is 3.34. The van der Waals surface area contributed by atoms with Gasteiger partial charge in [-0.3, -0.25) is 4.79 Å². The van der Waals surface area contributed by atoms with Gasteiger partial charge in [0.2, 0.25) is 5.91 Å². The van der Waals surface area contributed by atoms with Gasteiger partial charge in [-0.25, -0.2) is 4.79 Å². The Morgan fingerprint density at radius 1 is 1.12 bits per heavy atom. The molecule has 0 bridgehead atoms. The number of carboxylic acids is 1. The molecule has 1 unspecified atom stereocenters. The molecule has 0 heterocycles. The number of amides is 1. The van der Waals surface area contributed by atoms with E-state index >= 15 is 0 Å². The third-order valence-electron chi connectivity index (χ3n) is 3.38. The van der Waals surface area contributed by atoms with E-state index in [1.807, 2.05) is 29.6 Å². The molecule has 1 rings (SSSR count). The number of carboxylic acid groups (broad SMARTS) is 1. The molecule has 0 aliphatic rings. The van der Waals surface area contributed by atoms with E-state index in [4.69, 9.17) is 5.11 Å². The van der Waals surface area contributed by atoms with Crippen molar-refractivity contribution in [2.75, 3.05) is 0 Å². The van der Waals surface area contributed by atoms with Crippen LogP contribution in [-0.4, -0.2) is 29.2 Å². The number of rotatable bonds is 8. The smallest absolute Gasteiger partial charge is 0.391 e. The van der Waals surface area contributed by atoms with Crippen LogP contribution in [0.15, 0.2) is 24.3 Å². The summed E-state index contributed by atoms with van der Waals surface area (Å²) in [5, 5.41) is 10.7. The summed E-state index contributed by atoms with van der Waals surface area (Å²) in [4.78, 5) is 22.5. The Bertz CT molecular complexity index is 553. The molecule has 1 aromatic carbocycles. The van der Waals surface area contributed by atoms with Crippen LogP contribution in [0.1, 0.15) is 37.8 Å². The lowest BCUT2D eigenvalue weighted by Gasteiger charge is -2.16. The topological polar surface area (TPSA) is 66.4 Å². The molecule has 0 saturated heterocycles. The van der Waals surface area contributed by atoms with Crippen molar-refractivity contribution < 1.29 is 27.9 Å². The molecule has 0 aromatic heterocycles. The summed E-state index contributed by atoms with van der Waals surface area (Å²) in [5.74, 6) is -1.88. The summed E-state index contributed by atoms with van der Waals surface area (Å²) in [6, 6.07) is 5.70. The maximum absolute atomic E-state index is 12.3. The van der Waals surface area contributed by atoms with Crippen LogP contribution in [0, 0.1) is 5.92 Å². The third kappa shape index (κ3) is 7.99. The molecule has 0 spiro atoms. The molecule has 134 valence electrons. The Labute approximate surface area is 139 Å². The fraction of sp³-hybridized carbons (Fsp3) is 0.529. The van der Waals surface area contributed by atoms with Gasteiger partial charge in [0, 0.05) is 6.42 Å². The minimum atomic E-state index is -4.65. The summed E-state index contributed by atoms with van der Waals surface area (Å²) in [5.41, 5.74) is 2.05. The van der Waals surface area contributed by atoms with E-state index in [1.54, 1.807) is 0 Å². The quantitative estimate of drug-likeness (QED) is 0.759. The van der Waals surface area contributed by atoms with E-state index in [0.717, 1.165) is 12.0 Å². The number of benzene rings is 1. The monoisotopic (exact) mass is 345 g/mol. The number of alkyl halides is 3. The zero-order valence-electron chi connectivity index (χ0n) is 13.7. The molecule has 24 heavy (non-hydrogen) atoms. The van der Waals surface area contributed by atoms with Gasteiger partial charge in [-0.1, -0.05) is 38.1 Å². The van der Waals surface area contributed by atoms with E-state index in [9.17, 15) is 22.8 Å². The van der Waals surface area contributed by atoms with Crippen molar-refractivity contribution in [3.63, 3.8) is 0 Å². The zero-order chi connectivity index (χ0) is 18.3. The number of carbonyl (C=O) groups is 2. The van der Waals surface area contributed by atoms with Gasteiger partial charge in [0.25, 0.3) is 0 Å². The first-order valence-corrected chi connectivity index (χ1v) is 7.73. The SMILES string of the molecule is CC(C)Cc1ccc(CCC(=O)NC(CC(F)(F)F)C(=O)O)cc1. The van der Waals surface area contributed by atoms with Gasteiger partial charge < -0.3 is 10.4 Å². The lowest BCUT2D eigenvalue weighted by Crippen LogP contribution is -2.43. The molecule has 0 aliphatic carbocycles. The number of hydrogen-bond donors (Lipinski definition) is 2. The number of nitrogens with one attached hydrogen (secondary N) is 1. The van der Waals surface area contributed by atoms with Crippen molar-refractivity contribution >= 4 is 11.9 Å². The van der Waals surface area contributed by atoms with E-state index in [0.29, 0.717) is 12.3 Å². The summed E-state index contributed by atoms with van der Waals surface area (Å²) in [7, 11) is 0. The highest BCUT2D eigenvalue weighted by atomic mass is 19.4. The average molecular weight is 345 g/mol. The Morgan fingerprint density at radius 2 is 1.67 bits per heavy atom. The molecule has 4 nitrogen and oxygen atoms in total. The molecule has 7 heteroatoms. The van der Waals surface area contributed by atoms with E-state index < -0.39 is 30.5 Å². The summed E-state index contributed by atoms with van der Waals surface area (Å²) in [6.45, 7) is 4.22. The lowest BCUT2D eigenvalue weighted by molar-refractivity contribution is -0.160. The summed E-state index contributed by atoms with van der Waals surface area (Å²) >= 11 is 0. The molecule has 0 fully saturated rings. The number of aliphatic carboxylic acids is 1. The van der Waals surface area contributed by atoms with Crippen molar-refractivity contribution in [2.24, 2.45) is 5.92 Å². The standard InChI is InChI=1S/C17H22F3NO3/c1-11(2)9-13-5-3-12(4-6-13)7-8-15(22)21-14(16(23)24)10-17(18,19)20/h3-6,11,14H,7-10H2,1-2H3,(H,21,22)(H,23,24). The number of carbonyl (C=O) groups excluding carboxylic acids is 1. The van der Waals surface area contributed by atoms with E-state index in [1.165, 1.54) is 5.56 Å². The minimum absolute atomic E-state index is 0.0643. The van der Waals surface area contributed by atoms with Crippen LogP contribution < -0.4 is 5.32 Å². The second kappa shape index (κ2) is 8.70. The maximum atomic E-state index is 12.3. The minimum Gasteiger partial charge on any atom is -0.480 e. The van der Waals surface area contributed by atoms with Crippen LogP contribution in [0.2, 0.25) is 0 Å². The molecule has 2 N–H and O–H groups in total. The zero-order valence-corrected chi connectivity index (χ0v) is 13.7. The third-order valence-corrected chi connectivity index (χ3v) is 3.38. The van der Waals surface area contributed by atoms with Gasteiger partial charge >= 0.3 is 12.1 Å². The first-order chi connectivity index (χ1) is 11.1. The van der Waals surface area contributed by atoms with Crippen LogP contribution >= 0.6 is 0 Å². The van der Waals surface area contributed by atoms with Gasteiger partial charge in [0.15, 0.2) is 0 Å². The van der Waals surface area contributed by atoms with E-state index in [2.05, 4.69) is 13.8 Å². The summed E-state index contributed by atoms with van der Waals surface area (Å²) in [6.07, 6.45) is -5.02. The molecule has 1 amide bonds. The molecule has 0 radical (unpaired) electrons. The highest BCUT2D eigenvalue weighted by molar-refractivity contribution is 5.83. The molecular formula is C17H22F3NO3. The fourth-order valence-corrected chi connectivity index (χ4v) is 2.27. The second-order valence-electron chi connectivity index (χ2n) is 6.19. The predicted molar refractivity (Wildman–Crippen MR) is 83.5 cm³/mol. The Morgan fingerprint density at radius 3 is 2.12 bits per heavy atom. The first kappa shape index (κ1) is 20.0. The molecular weight excluding hydrogens is 323 g/mol. The van der Waals surface area contributed by atoms with Gasteiger partial charge in [-0.2, -0.15) is 13.2 Å². The first-order valence-electron chi connectivity index (χ1n) is 7.73. The van der Waals surface area contributed by atoms with Gasteiger partial charge in [-0.05, 0) is 29.9 Å². The molecule has 1 aromatic rings. The Hall–Kier alpha value is -2.05. The van der Waals surface area contributed by atoms with Crippen molar-refractivity contribution in [2.45, 2.75) is 51.7 Å². The highest BCUT2D eigenvalue weighted by Crippen LogP contribution is 2.21. The molecule has 0 aliphatic heterocycles. The normalized spacial score (nSPS) is 12.9. The van der Waals surface area contributed by atoms with E-state index in [-0.39, 0.29) is 6.42 Å².